The van der Waals surface area contributed by atoms with Gasteiger partial charge in [0.25, 0.3) is 0 Å². The molecule has 29 heavy (non-hydrogen) atoms. The monoisotopic (exact) mass is 407 g/mol. The lowest BCUT2D eigenvalue weighted by Crippen LogP contribution is -2.32. The van der Waals surface area contributed by atoms with Crippen molar-refractivity contribution in [2.75, 3.05) is 11.5 Å². The smallest absolute Gasteiger partial charge is 0.238 e. The van der Waals surface area contributed by atoms with Crippen molar-refractivity contribution in [1.29, 1.82) is 0 Å². The molecule has 1 saturated carbocycles. The maximum atomic E-state index is 12.9. The third-order valence-corrected chi connectivity index (χ3v) is 6.35. The molecule has 1 aliphatic heterocycles. The molecule has 0 unspecified atom stereocenters. The van der Waals surface area contributed by atoms with Gasteiger partial charge in [0.1, 0.15) is 5.75 Å². The van der Waals surface area contributed by atoms with Gasteiger partial charge < -0.3 is 4.74 Å². The standard InChI is InChI=1S/C23H18ClNO4/c24-16-5-3-13(4-6-16)19(26)12-29-18-9-7-17(8-10-18)25-22(27)20-14-1-2-15(11-14)21(20)23(25)28/h1-10,14-15,20-21H,11-12H2/t14-,15+,20-,21-/m0/s1. The van der Waals surface area contributed by atoms with Crippen LogP contribution in [0.2, 0.25) is 5.02 Å². The highest BCUT2D eigenvalue weighted by Crippen LogP contribution is 2.53. The molecular weight excluding hydrogens is 390 g/mol. The van der Waals surface area contributed by atoms with E-state index < -0.39 is 0 Å². The Hall–Kier alpha value is -2.92. The molecular formula is C23H18ClNO4. The highest BCUT2D eigenvalue weighted by Gasteiger charge is 2.59. The molecule has 0 radical (unpaired) electrons. The van der Waals surface area contributed by atoms with Crippen LogP contribution in [0.4, 0.5) is 5.69 Å². The van der Waals surface area contributed by atoms with Crippen molar-refractivity contribution >= 4 is 34.9 Å². The van der Waals surface area contributed by atoms with Gasteiger partial charge in [-0.15, -0.1) is 0 Å². The second-order valence-corrected chi connectivity index (χ2v) is 8.16. The number of imide groups is 1. The van der Waals surface area contributed by atoms with Crippen LogP contribution in [0.1, 0.15) is 16.8 Å². The molecule has 2 amide bonds. The van der Waals surface area contributed by atoms with Crippen molar-refractivity contribution in [3.05, 3.63) is 71.3 Å². The Bertz CT molecular complexity index is 998. The summed E-state index contributed by atoms with van der Waals surface area (Å²) in [5, 5.41) is 0.567. The molecule has 146 valence electrons. The van der Waals surface area contributed by atoms with Gasteiger partial charge in [-0.05, 0) is 66.8 Å². The number of rotatable bonds is 5. The molecule has 2 aliphatic carbocycles. The van der Waals surface area contributed by atoms with E-state index in [0.717, 1.165) is 6.42 Å². The van der Waals surface area contributed by atoms with Crippen LogP contribution >= 0.6 is 11.6 Å². The Morgan fingerprint density at radius 1 is 0.931 bits per heavy atom. The molecule has 3 aliphatic rings. The molecule has 2 aromatic carbocycles. The number of carbonyl (C=O) groups is 3. The summed E-state index contributed by atoms with van der Waals surface area (Å²) in [7, 11) is 0. The Labute approximate surface area is 172 Å². The number of nitrogens with zero attached hydrogens (tertiary/aromatic N) is 1. The lowest BCUT2D eigenvalue weighted by atomic mass is 9.85. The summed E-state index contributed by atoms with van der Waals surface area (Å²) in [6.45, 7) is -0.109. The Balaban J connectivity index is 1.26. The van der Waals surface area contributed by atoms with E-state index in [4.69, 9.17) is 16.3 Å². The molecule has 5 nitrogen and oxygen atoms in total. The number of Topliss-reactive ketones (excluding diaryl/α,β-unsaturated/α-hetero) is 1. The zero-order chi connectivity index (χ0) is 20.1. The number of amides is 2. The molecule has 6 heteroatoms. The van der Waals surface area contributed by atoms with Gasteiger partial charge in [0.2, 0.25) is 11.8 Å². The van der Waals surface area contributed by atoms with Crippen LogP contribution in [0.25, 0.3) is 0 Å². The average molecular weight is 408 g/mol. The molecule has 0 spiro atoms. The van der Waals surface area contributed by atoms with Crippen LogP contribution in [0, 0.1) is 23.7 Å². The Morgan fingerprint density at radius 2 is 1.52 bits per heavy atom. The zero-order valence-corrected chi connectivity index (χ0v) is 16.2. The fraction of sp³-hybridized carbons (Fsp3) is 0.261. The number of benzene rings is 2. The Kier molecular flexibility index (Phi) is 4.28. The summed E-state index contributed by atoms with van der Waals surface area (Å²) >= 11 is 5.83. The number of ether oxygens (including phenoxy) is 1. The number of anilines is 1. The quantitative estimate of drug-likeness (QED) is 0.428. The number of ketones is 1. The van der Waals surface area contributed by atoms with Gasteiger partial charge in [0.05, 0.1) is 17.5 Å². The number of hydrogen-bond acceptors (Lipinski definition) is 4. The van der Waals surface area contributed by atoms with Crippen molar-refractivity contribution < 1.29 is 19.1 Å². The van der Waals surface area contributed by atoms with E-state index in [1.807, 2.05) is 0 Å². The summed E-state index contributed by atoms with van der Waals surface area (Å²) in [5.41, 5.74) is 1.07. The first-order valence-electron chi connectivity index (χ1n) is 9.61. The van der Waals surface area contributed by atoms with Crippen molar-refractivity contribution in [2.45, 2.75) is 6.42 Å². The van der Waals surface area contributed by atoms with Gasteiger partial charge in [0, 0.05) is 10.6 Å². The predicted octanol–water partition coefficient (Wildman–Crippen LogP) is 3.91. The average Bonchev–Trinajstić information content (AvgIpc) is 3.41. The maximum Gasteiger partial charge on any atom is 0.238 e. The normalized spacial score (nSPS) is 26.9. The minimum absolute atomic E-state index is 0.108. The number of hydrogen-bond donors (Lipinski definition) is 0. The first-order chi connectivity index (χ1) is 14.0. The predicted molar refractivity (Wildman–Crippen MR) is 108 cm³/mol. The Morgan fingerprint density at radius 3 is 2.10 bits per heavy atom. The number of fused-ring (bicyclic) bond motifs is 5. The molecule has 0 N–H and O–H groups in total. The van der Waals surface area contributed by atoms with Gasteiger partial charge in [0.15, 0.2) is 12.4 Å². The van der Waals surface area contributed by atoms with Gasteiger partial charge in [-0.25, -0.2) is 0 Å². The summed E-state index contributed by atoms with van der Waals surface area (Å²) < 4.78 is 5.56. The third-order valence-electron chi connectivity index (χ3n) is 6.10. The van der Waals surface area contributed by atoms with Crippen LogP contribution in [-0.4, -0.2) is 24.2 Å². The van der Waals surface area contributed by atoms with Crippen molar-refractivity contribution in [2.24, 2.45) is 23.7 Å². The lowest BCUT2D eigenvalue weighted by molar-refractivity contribution is -0.123. The van der Waals surface area contributed by atoms with E-state index in [1.54, 1.807) is 48.5 Å². The van der Waals surface area contributed by atoms with Gasteiger partial charge in [-0.3, -0.25) is 19.3 Å². The van der Waals surface area contributed by atoms with E-state index in [2.05, 4.69) is 12.2 Å². The van der Waals surface area contributed by atoms with Crippen LogP contribution in [0.3, 0.4) is 0 Å². The summed E-state index contributed by atoms with van der Waals surface area (Å²) in [4.78, 5) is 39.2. The fourth-order valence-corrected chi connectivity index (χ4v) is 4.84. The molecule has 2 bridgehead atoms. The molecule has 4 atom stereocenters. The second-order valence-electron chi connectivity index (χ2n) is 7.72. The fourth-order valence-electron chi connectivity index (χ4n) is 4.72. The van der Waals surface area contributed by atoms with E-state index in [0.29, 0.717) is 22.0 Å². The number of carbonyl (C=O) groups excluding carboxylic acids is 3. The highest BCUT2D eigenvalue weighted by atomic mass is 35.5. The van der Waals surface area contributed by atoms with Gasteiger partial charge >= 0.3 is 0 Å². The highest BCUT2D eigenvalue weighted by molar-refractivity contribution is 6.30. The largest absolute Gasteiger partial charge is 0.485 e. The van der Waals surface area contributed by atoms with E-state index >= 15 is 0 Å². The van der Waals surface area contributed by atoms with Crippen molar-refractivity contribution in [3.8, 4) is 5.75 Å². The molecule has 5 rings (SSSR count). The molecule has 1 heterocycles. The van der Waals surface area contributed by atoms with Crippen LogP contribution in [0.15, 0.2) is 60.7 Å². The lowest BCUT2D eigenvalue weighted by Gasteiger charge is -2.17. The molecule has 2 fully saturated rings. The second kappa shape index (κ2) is 6.85. The number of halogens is 1. The third kappa shape index (κ3) is 2.97. The van der Waals surface area contributed by atoms with Crippen molar-refractivity contribution in [3.63, 3.8) is 0 Å². The van der Waals surface area contributed by atoms with Crippen molar-refractivity contribution in [1.82, 2.24) is 0 Å². The van der Waals surface area contributed by atoms with Crippen LogP contribution in [-0.2, 0) is 9.59 Å². The first-order valence-corrected chi connectivity index (χ1v) is 9.98. The minimum Gasteiger partial charge on any atom is -0.485 e. The zero-order valence-electron chi connectivity index (χ0n) is 15.5. The molecule has 0 aromatic heterocycles. The SMILES string of the molecule is O=C(COc1ccc(N2C(=O)[C@@H]3[C@@H](C2=O)[C@H]2C=C[C@@H]3C2)cc1)c1ccc(Cl)cc1. The van der Waals surface area contributed by atoms with Gasteiger partial charge in [-0.2, -0.15) is 0 Å². The van der Waals surface area contributed by atoms with Crippen LogP contribution in [0.5, 0.6) is 5.75 Å². The number of allylic oxidation sites excluding steroid dienone is 2. The van der Waals surface area contributed by atoms with Crippen LogP contribution < -0.4 is 9.64 Å². The minimum atomic E-state index is -0.217. The topological polar surface area (TPSA) is 63.7 Å². The van der Waals surface area contributed by atoms with E-state index in [9.17, 15) is 14.4 Å². The molecule has 1 saturated heterocycles. The maximum absolute atomic E-state index is 12.9. The molecule has 2 aromatic rings. The first kappa shape index (κ1) is 18.1. The summed E-state index contributed by atoms with van der Waals surface area (Å²) in [6, 6.07) is 13.3. The van der Waals surface area contributed by atoms with E-state index in [-0.39, 0.29) is 47.9 Å². The summed E-state index contributed by atoms with van der Waals surface area (Å²) in [6.07, 6.45) is 5.07. The van der Waals surface area contributed by atoms with E-state index in [1.165, 1.54) is 4.90 Å². The summed E-state index contributed by atoms with van der Waals surface area (Å²) in [5.74, 6) is 0.0621. The van der Waals surface area contributed by atoms with Gasteiger partial charge in [-0.1, -0.05) is 23.8 Å².